The number of halogens is 1. The summed E-state index contributed by atoms with van der Waals surface area (Å²) >= 11 is 0. The van der Waals surface area contributed by atoms with Crippen LogP contribution in [0.25, 0.3) is 0 Å². The average Bonchev–Trinajstić information content (AvgIpc) is 2.29. The molecule has 0 aromatic heterocycles. The summed E-state index contributed by atoms with van der Waals surface area (Å²) in [7, 11) is 0. The van der Waals surface area contributed by atoms with Gasteiger partial charge in [-0.25, -0.2) is 4.39 Å². The zero-order valence-electron chi connectivity index (χ0n) is 8.68. The van der Waals surface area contributed by atoms with Crippen LogP contribution in [0.4, 0.5) is 15.8 Å². The van der Waals surface area contributed by atoms with Gasteiger partial charge >= 0.3 is 0 Å². The Morgan fingerprint density at radius 2 is 1.35 bits per heavy atom. The number of phenols is 3. The Balaban J connectivity index is 2.27. The van der Waals surface area contributed by atoms with E-state index in [1.807, 2.05) is 0 Å². The fraction of sp³-hybridized carbons (Fsp3) is 0. The Hall–Kier alpha value is -2.43. The first kappa shape index (κ1) is 11.1. The molecule has 2 aromatic rings. The van der Waals surface area contributed by atoms with E-state index >= 15 is 0 Å². The van der Waals surface area contributed by atoms with Crippen molar-refractivity contribution in [3.8, 4) is 17.2 Å². The number of hydrogen-bond donors (Lipinski definition) is 4. The molecule has 0 heterocycles. The highest BCUT2D eigenvalue weighted by atomic mass is 19.1. The van der Waals surface area contributed by atoms with Crippen LogP contribution in [0, 0.1) is 5.82 Å². The first-order valence-corrected chi connectivity index (χ1v) is 4.84. The lowest BCUT2D eigenvalue weighted by atomic mass is 10.2. The molecular weight excluding hydrogens is 225 g/mol. The number of rotatable bonds is 2. The molecule has 0 radical (unpaired) electrons. The molecule has 2 aromatic carbocycles. The van der Waals surface area contributed by atoms with Crippen molar-refractivity contribution in [2.24, 2.45) is 0 Å². The Morgan fingerprint density at radius 3 is 1.88 bits per heavy atom. The number of benzene rings is 2. The van der Waals surface area contributed by atoms with E-state index in [1.165, 1.54) is 36.4 Å². The molecule has 0 aliphatic rings. The van der Waals surface area contributed by atoms with Crippen molar-refractivity contribution < 1.29 is 19.7 Å². The van der Waals surface area contributed by atoms with Gasteiger partial charge in [0.2, 0.25) is 0 Å². The van der Waals surface area contributed by atoms with Crippen molar-refractivity contribution in [3.63, 3.8) is 0 Å². The van der Waals surface area contributed by atoms with Gasteiger partial charge < -0.3 is 20.6 Å². The minimum atomic E-state index is -0.574. The lowest BCUT2D eigenvalue weighted by Crippen LogP contribution is -1.90. The highest BCUT2D eigenvalue weighted by molar-refractivity contribution is 5.66. The maximum absolute atomic E-state index is 12.7. The summed E-state index contributed by atoms with van der Waals surface area (Å²) in [5.41, 5.74) is 0.972. The molecule has 0 unspecified atom stereocenters. The van der Waals surface area contributed by atoms with Crippen LogP contribution in [0.2, 0.25) is 0 Å². The molecule has 0 amide bonds. The molecule has 0 aliphatic carbocycles. The molecule has 0 fully saturated rings. The van der Waals surface area contributed by atoms with E-state index in [0.717, 1.165) is 0 Å². The Labute approximate surface area is 96.6 Å². The van der Waals surface area contributed by atoms with Gasteiger partial charge in [-0.05, 0) is 24.3 Å². The van der Waals surface area contributed by atoms with Crippen LogP contribution in [0.3, 0.4) is 0 Å². The average molecular weight is 235 g/mol. The lowest BCUT2D eigenvalue weighted by Gasteiger charge is -2.08. The monoisotopic (exact) mass is 235 g/mol. The second-order valence-corrected chi connectivity index (χ2v) is 3.49. The zero-order chi connectivity index (χ0) is 12.4. The maximum Gasteiger partial charge on any atom is 0.200 e. The molecule has 0 aliphatic heterocycles. The van der Waals surface area contributed by atoms with Crippen molar-refractivity contribution in [1.82, 2.24) is 0 Å². The highest BCUT2D eigenvalue weighted by Crippen LogP contribution is 2.38. The Kier molecular flexibility index (Phi) is 2.74. The predicted molar refractivity (Wildman–Crippen MR) is 61.1 cm³/mol. The molecule has 0 bridgehead atoms. The van der Waals surface area contributed by atoms with Gasteiger partial charge in [-0.15, -0.1) is 0 Å². The highest BCUT2D eigenvalue weighted by Gasteiger charge is 2.07. The minimum Gasteiger partial charge on any atom is -0.504 e. The zero-order valence-corrected chi connectivity index (χ0v) is 8.68. The summed E-state index contributed by atoms with van der Waals surface area (Å²) in [6, 6.07) is 8.08. The largest absolute Gasteiger partial charge is 0.504 e. The number of phenolic OH excluding ortho intramolecular Hbond substituents is 3. The van der Waals surface area contributed by atoms with Crippen LogP contribution < -0.4 is 5.32 Å². The normalized spacial score (nSPS) is 10.2. The lowest BCUT2D eigenvalue weighted by molar-refractivity contribution is 0.368. The summed E-state index contributed by atoms with van der Waals surface area (Å²) in [6.45, 7) is 0. The predicted octanol–water partition coefficient (Wildman–Crippen LogP) is 2.69. The van der Waals surface area contributed by atoms with Gasteiger partial charge in [-0.1, -0.05) is 0 Å². The van der Waals surface area contributed by atoms with Crippen molar-refractivity contribution in [3.05, 3.63) is 42.2 Å². The summed E-state index contributed by atoms with van der Waals surface area (Å²) < 4.78 is 12.7. The Morgan fingerprint density at radius 1 is 0.824 bits per heavy atom. The summed E-state index contributed by atoms with van der Waals surface area (Å²) in [6.07, 6.45) is 0. The van der Waals surface area contributed by atoms with Crippen molar-refractivity contribution >= 4 is 11.4 Å². The molecule has 0 atom stereocenters. The van der Waals surface area contributed by atoms with E-state index in [-0.39, 0.29) is 5.82 Å². The second-order valence-electron chi connectivity index (χ2n) is 3.49. The van der Waals surface area contributed by atoms with Gasteiger partial charge in [-0.3, -0.25) is 0 Å². The summed E-state index contributed by atoms with van der Waals surface area (Å²) in [4.78, 5) is 0. The molecule has 4 nitrogen and oxygen atoms in total. The van der Waals surface area contributed by atoms with Gasteiger partial charge in [0.25, 0.3) is 0 Å². The van der Waals surface area contributed by atoms with Crippen LogP contribution in [0.5, 0.6) is 17.2 Å². The van der Waals surface area contributed by atoms with E-state index in [4.69, 9.17) is 5.11 Å². The van der Waals surface area contributed by atoms with Gasteiger partial charge in [-0.2, -0.15) is 0 Å². The smallest absolute Gasteiger partial charge is 0.200 e. The SMILES string of the molecule is Oc1cc(Nc2ccc(F)cc2)cc(O)c1O. The van der Waals surface area contributed by atoms with Gasteiger partial charge in [0.1, 0.15) is 5.82 Å². The molecular formula is C12H10FNO3. The van der Waals surface area contributed by atoms with Crippen LogP contribution in [-0.4, -0.2) is 15.3 Å². The summed E-state index contributed by atoms with van der Waals surface area (Å²) in [5.74, 6) is -1.80. The fourth-order valence-electron chi connectivity index (χ4n) is 1.38. The topological polar surface area (TPSA) is 72.7 Å². The van der Waals surface area contributed by atoms with Crippen LogP contribution >= 0.6 is 0 Å². The third-order valence-corrected chi connectivity index (χ3v) is 2.20. The van der Waals surface area contributed by atoms with E-state index in [2.05, 4.69) is 5.32 Å². The van der Waals surface area contributed by atoms with Crippen molar-refractivity contribution in [2.75, 3.05) is 5.32 Å². The minimum absolute atomic E-state index is 0.355. The number of hydrogen-bond acceptors (Lipinski definition) is 4. The van der Waals surface area contributed by atoms with E-state index in [1.54, 1.807) is 0 Å². The maximum atomic E-state index is 12.7. The van der Waals surface area contributed by atoms with Crippen molar-refractivity contribution in [2.45, 2.75) is 0 Å². The molecule has 5 heteroatoms. The number of anilines is 2. The van der Waals surface area contributed by atoms with E-state index < -0.39 is 17.2 Å². The molecule has 4 N–H and O–H groups in total. The van der Waals surface area contributed by atoms with Gasteiger partial charge in [0.05, 0.1) is 0 Å². The molecule has 2 rings (SSSR count). The van der Waals surface area contributed by atoms with Gasteiger partial charge in [0.15, 0.2) is 17.2 Å². The van der Waals surface area contributed by atoms with Crippen molar-refractivity contribution in [1.29, 1.82) is 0 Å². The second kappa shape index (κ2) is 4.21. The molecule has 17 heavy (non-hydrogen) atoms. The van der Waals surface area contributed by atoms with Gasteiger partial charge in [0, 0.05) is 23.5 Å². The standard InChI is InChI=1S/C12H10FNO3/c13-7-1-3-8(4-2-7)14-9-5-10(15)12(17)11(16)6-9/h1-6,14-17H. The van der Waals surface area contributed by atoms with Crippen LogP contribution in [0.15, 0.2) is 36.4 Å². The number of aromatic hydroxyl groups is 3. The Bertz CT molecular complexity index is 517. The third kappa shape index (κ3) is 2.39. The molecule has 0 spiro atoms. The van der Waals surface area contributed by atoms with Crippen LogP contribution in [0.1, 0.15) is 0 Å². The first-order chi connectivity index (χ1) is 8.06. The molecule has 0 saturated carbocycles. The van der Waals surface area contributed by atoms with Crippen LogP contribution in [-0.2, 0) is 0 Å². The molecule has 88 valence electrons. The quantitative estimate of drug-likeness (QED) is 0.477. The molecule has 0 saturated heterocycles. The summed E-state index contributed by atoms with van der Waals surface area (Å²) in [5, 5.41) is 30.6. The fourth-order valence-corrected chi connectivity index (χ4v) is 1.38. The third-order valence-electron chi connectivity index (χ3n) is 2.20. The van der Waals surface area contributed by atoms with E-state index in [0.29, 0.717) is 11.4 Å². The number of nitrogens with one attached hydrogen (secondary N) is 1. The van der Waals surface area contributed by atoms with E-state index in [9.17, 15) is 14.6 Å². The first-order valence-electron chi connectivity index (χ1n) is 4.84.